The largest absolute Gasteiger partial charge is 0.393 e. The minimum atomic E-state index is -0.348. The second kappa shape index (κ2) is 7.57. The van der Waals surface area contributed by atoms with Crippen molar-refractivity contribution in [1.29, 1.82) is 0 Å². The summed E-state index contributed by atoms with van der Waals surface area (Å²) in [5.41, 5.74) is 5.52. The Hall–Kier alpha value is -0.680. The highest BCUT2D eigenvalue weighted by molar-refractivity contribution is 7.80. The molecule has 1 amide bonds. The highest BCUT2D eigenvalue weighted by atomic mass is 32.1. The molecule has 1 unspecified atom stereocenters. The number of likely N-dealkylation sites (N-methyl/N-ethyl adjacent to an activating group) is 1. The van der Waals surface area contributed by atoms with Crippen LogP contribution in [0.3, 0.4) is 0 Å². The van der Waals surface area contributed by atoms with E-state index in [1.54, 1.807) is 11.9 Å². The number of nitrogens with two attached hydrogens (primary N) is 1. The van der Waals surface area contributed by atoms with Crippen molar-refractivity contribution in [2.24, 2.45) is 11.7 Å². The number of carbonyl (C=O) groups excluding carboxylic acids is 1. The van der Waals surface area contributed by atoms with Crippen molar-refractivity contribution < 1.29 is 9.53 Å². The van der Waals surface area contributed by atoms with Crippen LogP contribution in [0.1, 0.15) is 27.2 Å². The first-order valence-corrected chi connectivity index (χ1v) is 5.96. The molecule has 0 spiro atoms. The third-order valence-electron chi connectivity index (χ3n) is 2.30. The second-order valence-electron chi connectivity index (χ2n) is 4.04. The highest BCUT2D eigenvalue weighted by Gasteiger charge is 2.22. The summed E-state index contributed by atoms with van der Waals surface area (Å²) in [6.45, 7) is 6.93. The first kappa shape index (κ1) is 15.3. The fraction of sp³-hybridized carbons (Fsp3) is 0.818. The lowest BCUT2D eigenvalue weighted by Gasteiger charge is -2.22. The predicted molar refractivity (Wildman–Crippen MR) is 69.3 cm³/mol. The van der Waals surface area contributed by atoms with Crippen molar-refractivity contribution in [2.75, 3.05) is 20.2 Å². The third-order valence-corrected chi connectivity index (χ3v) is 2.59. The minimum absolute atomic E-state index is 0.0256. The van der Waals surface area contributed by atoms with Crippen LogP contribution in [0.25, 0.3) is 0 Å². The molecule has 0 bridgehead atoms. The van der Waals surface area contributed by atoms with Gasteiger partial charge in [0.2, 0.25) is 5.91 Å². The summed E-state index contributed by atoms with van der Waals surface area (Å²) in [4.78, 5) is 13.8. The van der Waals surface area contributed by atoms with Gasteiger partial charge in [-0.25, -0.2) is 0 Å². The van der Waals surface area contributed by atoms with Crippen LogP contribution in [0.2, 0.25) is 0 Å². The van der Waals surface area contributed by atoms with E-state index in [2.05, 4.69) is 0 Å². The van der Waals surface area contributed by atoms with Crippen molar-refractivity contribution in [2.45, 2.75) is 33.3 Å². The van der Waals surface area contributed by atoms with E-state index in [9.17, 15) is 4.79 Å². The van der Waals surface area contributed by atoms with Gasteiger partial charge >= 0.3 is 0 Å². The first-order chi connectivity index (χ1) is 7.40. The van der Waals surface area contributed by atoms with E-state index >= 15 is 0 Å². The highest BCUT2D eigenvalue weighted by Crippen LogP contribution is 2.07. The molecule has 0 aromatic rings. The second-order valence-corrected chi connectivity index (χ2v) is 4.51. The zero-order valence-corrected chi connectivity index (χ0v) is 11.3. The molecule has 0 heterocycles. The maximum Gasteiger partial charge on any atom is 0.232 e. The standard InChI is InChI=1S/C11H22N2O2S/c1-5-9(10(12)16)11(14)13(4)6-7-15-8(2)3/h8-9H,5-7H2,1-4H3,(H2,12,16). The van der Waals surface area contributed by atoms with Crippen LogP contribution in [0.15, 0.2) is 0 Å². The Balaban J connectivity index is 4.11. The van der Waals surface area contributed by atoms with Crippen LogP contribution in [0, 0.1) is 5.92 Å². The summed E-state index contributed by atoms with van der Waals surface area (Å²) in [5.74, 6) is -0.374. The molecule has 2 N–H and O–H groups in total. The van der Waals surface area contributed by atoms with Crippen molar-refractivity contribution in [3.05, 3.63) is 0 Å². The van der Waals surface area contributed by atoms with Gasteiger partial charge in [-0.1, -0.05) is 19.1 Å². The molecule has 4 nitrogen and oxygen atoms in total. The fourth-order valence-corrected chi connectivity index (χ4v) is 1.57. The Morgan fingerprint density at radius 1 is 1.50 bits per heavy atom. The zero-order valence-electron chi connectivity index (χ0n) is 10.5. The van der Waals surface area contributed by atoms with Gasteiger partial charge in [0.1, 0.15) is 0 Å². The number of ether oxygens (including phenoxy) is 1. The number of thiocarbonyl (C=S) groups is 1. The fourth-order valence-electron chi connectivity index (χ4n) is 1.30. The molecule has 0 aromatic carbocycles. The van der Waals surface area contributed by atoms with Crippen LogP contribution >= 0.6 is 12.2 Å². The summed E-state index contributed by atoms with van der Waals surface area (Å²) in [6, 6.07) is 0. The molecular formula is C11H22N2O2S. The first-order valence-electron chi connectivity index (χ1n) is 5.56. The lowest BCUT2D eigenvalue weighted by atomic mass is 10.1. The summed E-state index contributed by atoms with van der Waals surface area (Å²) in [7, 11) is 1.74. The average Bonchev–Trinajstić information content (AvgIpc) is 2.17. The van der Waals surface area contributed by atoms with E-state index in [4.69, 9.17) is 22.7 Å². The molecule has 0 aromatic heterocycles. The Morgan fingerprint density at radius 2 is 2.06 bits per heavy atom. The number of nitrogens with zero attached hydrogens (tertiary/aromatic N) is 1. The number of hydrogen-bond acceptors (Lipinski definition) is 3. The van der Waals surface area contributed by atoms with E-state index in [-0.39, 0.29) is 22.9 Å². The topological polar surface area (TPSA) is 55.6 Å². The van der Waals surface area contributed by atoms with Crippen molar-refractivity contribution in [3.63, 3.8) is 0 Å². The van der Waals surface area contributed by atoms with E-state index in [1.165, 1.54) is 0 Å². The molecule has 94 valence electrons. The van der Waals surface area contributed by atoms with Gasteiger partial charge in [0.05, 0.1) is 23.6 Å². The zero-order chi connectivity index (χ0) is 12.7. The van der Waals surface area contributed by atoms with Gasteiger partial charge in [-0.2, -0.15) is 0 Å². The Kier molecular flexibility index (Phi) is 7.25. The molecule has 0 aliphatic rings. The molecule has 16 heavy (non-hydrogen) atoms. The molecule has 0 fully saturated rings. The van der Waals surface area contributed by atoms with E-state index in [1.807, 2.05) is 20.8 Å². The maximum atomic E-state index is 11.9. The molecule has 0 radical (unpaired) electrons. The lowest BCUT2D eigenvalue weighted by molar-refractivity contribution is -0.133. The van der Waals surface area contributed by atoms with Crippen LogP contribution in [0.4, 0.5) is 0 Å². The SMILES string of the molecule is CCC(C(=O)N(C)CCOC(C)C)C(N)=S. The lowest BCUT2D eigenvalue weighted by Crippen LogP contribution is -2.40. The van der Waals surface area contributed by atoms with Crippen molar-refractivity contribution >= 4 is 23.1 Å². The summed E-state index contributed by atoms with van der Waals surface area (Å²) in [6.07, 6.45) is 0.824. The average molecular weight is 246 g/mol. The molecule has 1 atom stereocenters. The Bertz CT molecular complexity index is 244. The molecule has 0 saturated carbocycles. The number of hydrogen-bond donors (Lipinski definition) is 1. The van der Waals surface area contributed by atoms with Crippen LogP contribution in [-0.4, -0.2) is 42.1 Å². The Morgan fingerprint density at radius 3 is 2.44 bits per heavy atom. The number of carbonyl (C=O) groups is 1. The maximum absolute atomic E-state index is 11.9. The Labute approximate surface area is 103 Å². The predicted octanol–water partition coefficient (Wildman–Crippen LogP) is 1.18. The van der Waals surface area contributed by atoms with E-state index in [0.717, 1.165) is 0 Å². The molecular weight excluding hydrogens is 224 g/mol. The van der Waals surface area contributed by atoms with Crippen molar-refractivity contribution in [3.8, 4) is 0 Å². The molecule has 5 heteroatoms. The van der Waals surface area contributed by atoms with Gasteiger partial charge < -0.3 is 15.4 Å². The van der Waals surface area contributed by atoms with Crippen LogP contribution < -0.4 is 5.73 Å². The van der Waals surface area contributed by atoms with Gasteiger partial charge in [0, 0.05) is 13.6 Å². The number of amides is 1. The molecule has 0 saturated heterocycles. The van der Waals surface area contributed by atoms with Gasteiger partial charge in [-0.05, 0) is 20.3 Å². The molecule has 0 aliphatic heterocycles. The quantitative estimate of drug-likeness (QED) is 0.685. The van der Waals surface area contributed by atoms with Gasteiger partial charge in [0.15, 0.2) is 0 Å². The summed E-state index contributed by atoms with van der Waals surface area (Å²) in [5, 5.41) is 0. The summed E-state index contributed by atoms with van der Waals surface area (Å²) < 4.78 is 5.38. The van der Waals surface area contributed by atoms with E-state index < -0.39 is 0 Å². The van der Waals surface area contributed by atoms with E-state index in [0.29, 0.717) is 19.6 Å². The van der Waals surface area contributed by atoms with Gasteiger partial charge in [0.25, 0.3) is 0 Å². The molecule has 0 aliphatic carbocycles. The van der Waals surface area contributed by atoms with Gasteiger partial charge in [-0.15, -0.1) is 0 Å². The summed E-state index contributed by atoms with van der Waals surface area (Å²) >= 11 is 4.86. The van der Waals surface area contributed by atoms with Crippen LogP contribution in [-0.2, 0) is 9.53 Å². The monoisotopic (exact) mass is 246 g/mol. The van der Waals surface area contributed by atoms with Crippen molar-refractivity contribution in [1.82, 2.24) is 4.90 Å². The third kappa shape index (κ3) is 5.42. The normalized spacial score (nSPS) is 12.6. The minimum Gasteiger partial charge on any atom is -0.393 e. The number of rotatable bonds is 7. The van der Waals surface area contributed by atoms with Crippen LogP contribution in [0.5, 0.6) is 0 Å². The van der Waals surface area contributed by atoms with Gasteiger partial charge in [-0.3, -0.25) is 4.79 Å². The smallest absolute Gasteiger partial charge is 0.232 e. The molecule has 0 rings (SSSR count).